The largest absolute Gasteiger partial charge is 0.377 e. The highest BCUT2D eigenvalue weighted by Gasteiger charge is 2.16. The van der Waals surface area contributed by atoms with Gasteiger partial charge in [0.15, 0.2) is 9.84 Å². The van der Waals surface area contributed by atoms with Gasteiger partial charge in [-0.15, -0.1) is 0 Å². The average Bonchev–Trinajstić information content (AvgIpc) is 2.90. The predicted octanol–water partition coefficient (Wildman–Crippen LogP) is 3.33. The molecule has 0 aliphatic heterocycles. The van der Waals surface area contributed by atoms with E-state index in [1.807, 2.05) is 36.9 Å². The quantitative estimate of drug-likeness (QED) is 0.501. The number of hydrogen-bond donors (Lipinski definition) is 0. The first-order valence-electron chi connectivity index (χ1n) is 8.17. The van der Waals surface area contributed by atoms with E-state index in [9.17, 15) is 8.42 Å². The van der Waals surface area contributed by atoms with Crippen LogP contribution in [0.5, 0.6) is 0 Å². The lowest BCUT2D eigenvalue weighted by Crippen LogP contribution is -2.05. The van der Waals surface area contributed by atoms with Crippen LogP contribution in [0.15, 0.2) is 35.5 Å². The minimum Gasteiger partial charge on any atom is -0.377 e. The van der Waals surface area contributed by atoms with Crippen LogP contribution in [0.1, 0.15) is 23.6 Å². The number of rotatable bonds is 6. The zero-order valence-electron chi connectivity index (χ0n) is 14.9. The Labute approximate surface area is 166 Å². The molecule has 3 aromatic rings. The maximum Gasteiger partial charge on any atom is 0.177 e. The fraction of sp³-hybridized carbons (Fsp3) is 0.333. The van der Waals surface area contributed by atoms with Gasteiger partial charge in [-0.25, -0.2) is 8.42 Å². The third-order valence-corrected chi connectivity index (χ3v) is 5.96. The van der Waals surface area contributed by atoms with E-state index in [0.29, 0.717) is 25.3 Å². The second kappa shape index (κ2) is 7.61. The van der Waals surface area contributed by atoms with Crippen LogP contribution in [-0.4, -0.2) is 36.0 Å². The molecule has 0 spiro atoms. The van der Waals surface area contributed by atoms with Crippen molar-refractivity contribution in [1.29, 1.82) is 0 Å². The molecular formula is C18H20IN3O3S. The Balaban J connectivity index is 2.03. The summed E-state index contributed by atoms with van der Waals surface area (Å²) in [6.45, 7) is 5.54. The van der Waals surface area contributed by atoms with E-state index in [1.54, 1.807) is 12.3 Å². The minimum atomic E-state index is -3.39. The molecule has 1 aromatic carbocycles. The summed E-state index contributed by atoms with van der Waals surface area (Å²) in [5.41, 5.74) is 3.39. The van der Waals surface area contributed by atoms with Crippen LogP contribution in [0.4, 0.5) is 0 Å². The SMILES string of the molecule is CCOCc1cn(Cc2cc(S(C)(=O)=O)c3ncc(C)cc3c2)nc1I. The fourth-order valence-corrected chi connectivity index (χ4v) is 4.24. The second-order valence-corrected chi connectivity index (χ2v) is 9.24. The van der Waals surface area contributed by atoms with Gasteiger partial charge in [0, 0.05) is 36.2 Å². The number of pyridine rings is 1. The van der Waals surface area contributed by atoms with Crippen LogP contribution in [0.25, 0.3) is 10.9 Å². The second-order valence-electron chi connectivity index (χ2n) is 6.23. The summed E-state index contributed by atoms with van der Waals surface area (Å²) < 4.78 is 32.6. The van der Waals surface area contributed by atoms with Crippen molar-refractivity contribution >= 4 is 43.3 Å². The minimum absolute atomic E-state index is 0.251. The number of halogens is 1. The van der Waals surface area contributed by atoms with Crippen LogP contribution < -0.4 is 0 Å². The molecule has 0 unspecified atom stereocenters. The fourth-order valence-electron chi connectivity index (χ4n) is 2.78. The standard InChI is InChI=1S/C18H20IN3O3S/c1-4-25-11-15-10-22(21-18(15)19)9-13-6-14-5-12(2)8-20-17(14)16(7-13)26(3,23)24/h5-8,10H,4,9,11H2,1-3H3. The van der Waals surface area contributed by atoms with Gasteiger partial charge in [-0.05, 0) is 65.8 Å². The van der Waals surface area contributed by atoms with Crippen LogP contribution in [0.2, 0.25) is 0 Å². The van der Waals surface area contributed by atoms with Crippen molar-refractivity contribution in [2.45, 2.75) is 31.9 Å². The van der Waals surface area contributed by atoms with E-state index in [1.165, 1.54) is 6.26 Å². The molecule has 2 heterocycles. The van der Waals surface area contributed by atoms with Gasteiger partial charge in [-0.3, -0.25) is 9.67 Å². The third kappa shape index (κ3) is 4.24. The Morgan fingerprint density at radius 3 is 2.73 bits per heavy atom. The van der Waals surface area contributed by atoms with E-state index >= 15 is 0 Å². The van der Waals surface area contributed by atoms with Crippen molar-refractivity contribution in [2.24, 2.45) is 0 Å². The normalized spacial score (nSPS) is 12.0. The van der Waals surface area contributed by atoms with E-state index in [2.05, 4.69) is 32.7 Å². The number of aryl methyl sites for hydroxylation is 1. The molecule has 0 saturated carbocycles. The van der Waals surface area contributed by atoms with Gasteiger partial charge in [0.1, 0.15) is 3.70 Å². The van der Waals surface area contributed by atoms with Crippen molar-refractivity contribution in [3.05, 3.63) is 51.0 Å². The molecule has 0 saturated heterocycles. The topological polar surface area (TPSA) is 74.1 Å². The lowest BCUT2D eigenvalue weighted by atomic mass is 10.1. The highest BCUT2D eigenvalue weighted by molar-refractivity contribution is 14.1. The number of hydrogen-bond acceptors (Lipinski definition) is 5. The van der Waals surface area contributed by atoms with Gasteiger partial charge < -0.3 is 4.74 Å². The molecule has 26 heavy (non-hydrogen) atoms. The Kier molecular flexibility index (Phi) is 5.64. The van der Waals surface area contributed by atoms with Crippen molar-refractivity contribution in [2.75, 3.05) is 12.9 Å². The van der Waals surface area contributed by atoms with Gasteiger partial charge in [0.25, 0.3) is 0 Å². The molecule has 138 valence electrons. The summed E-state index contributed by atoms with van der Waals surface area (Å²) >= 11 is 2.18. The van der Waals surface area contributed by atoms with Crippen LogP contribution in [0, 0.1) is 10.6 Å². The van der Waals surface area contributed by atoms with Gasteiger partial charge in [-0.2, -0.15) is 5.10 Å². The molecule has 0 atom stereocenters. The number of sulfone groups is 1. The Morgan fingerprint density at radius 1 is 1.27 bits per heavy atom. The molecule has 0 radical (unpaired) electrons. The van der Waals surface area contributed by atoms with E-state index in [0.717, 1.165) is 25.8 Å². The first-order chi connectivity index (χ1) is 12.3. The summed E-state index contributed by atoms with van der Waals surface area (Å²) in [5.74, 6) is 0. The molecule has 0 aliphatic rings. The molecule has 0 aliphatic carbocycles. The summed E-state index contributed by atoms with van der Waals surface area (Å²) in [7, 11) is -3.39. The lowest BCUT2D eigenvalue weighted by molar-refractivity contribution is 0.133. The van der Waals surface area contributed by atoms with Gasteiger partial charge in [0.05, 0.1) is 23.6 Å². The van der Waals surface area contributed by atoms with Gasteiger partial charge in [-0.1, -0.05) is 0 Å². The Hall–Kier alpha value is -1.52. The molecule has 6 nitrogen and oxygen atoms in total. The number of fused-ring (bicyclic) bond motifs is 1. The Bertz CT molecular complexity index is 1060. The number of nitrogens with zero attached hydrogens (tertiary/aromatic N) is 3. The summed E-state index contributed by atoms with van der Waals surface area (Å²) in [6, 6.07) is 5.62. The lowest BCUT2D eigenvalue weighted by Gasteiger charge is -2.09. The molecule has 0 fully saturated rings. The highest BCUT2D eigenvalue weighted by atomic mass is 127. The molecule has 0 amide bonds. The molecule has 2 aromatic heterocycles. The molecule has 3 rings (SSSR count). The van der Waals surface area contributed by atoms with Crippen molar-refractivity contribution in [1.82, 2.24) is 14.8 Å². The van der Waals surface area contributed by atoms with E-state index < -0.39 is 9.84 Å². The molecule has 0 N–H and O–H groups in total. The zero-order valence-corrected chi connectivity index (χ0v) is 17.8. The first-order valence-corrected chi connectivity index (χ1v) is 11.1. The van der Waals surface area contributed by atoms with Crippen LogP contribution in [0.3, 0.4) is 0 Å². The summed E-state index contributed by atoms with van der Waals surface area (Å²) in [6.07, 6.45) is 4.84. The monoisotopic (exact) mass is 485 g/mol. The zero-order chi connectivity index (χ0) is 18.9. The first kappa shape index (κ1) is 19.2. The Morgan fingerprint density at radius 2 is 2.04 bits per heavy atom. The van der Waals surface area contributed by atoms with Crippen LogP contribution in [-0.2, 0) is 27.7 Å². The van der Waals surface area contributed by atoms with Gasteiger partial charge in [0.2, 0.25) is 0 Å². The predicted molar refractivity (Wildman–Crippen MR) is 109 cm³/mol. The summed E-state index contributed by atoms with van der Waals surface area (Å²) in [4.78, 5) is 4.58. The molecule has 8 heteroatoms. The van der Waals surface area contributed by atoms with Crippen molar-refractivity contribution in [3.8, 4) is 0 Å². The maximum atomic E-state index is 12.2. The number of ether oxygens (including phenoxy) is 1. The number of benzene rings is 1. The highest BCUT2D eigenvalue weighted by Crippen LogP contribution is 2.25. The van der Waals surface area contributed by atoms with Crippen molar-refractivity contribution in [3.63, 3.8) is 0 Å². The van der Waals surface area contributed by atoms with Crippen LogP contribution >= 0.6 is 22.6 Å². The third-order valence-electron chi connectivity index (χ3n) is 3.94. The van der Waals surface area contributed by atoms with Gasteiger partial charge >= 0.3 is 0 Å². The summed E-state index contributed by atoms with van der Waals surface area (Å²) in [5, 5.41) is 5.33. The maximum absolute atomic E-state index is 12.2. The van der Waals surface area contributed by atoms with Crippen molar-refractivity contribution < 1.29 is 13.2 Å². The van der Waals surface area contributed by atoms with E-state index in [4.69, 9.17) is 4.74 Å². The number of aromatic nitrogens is 3. The molecule has 0 bridgehead atoms. The molecular weight excluding hydrogens is 465 g/mol. The smallest absolute Gasteiger partial charge is 0.177 e. The van der Waals surface area contributed by atoms with E-state index in [-0.39, 0.29) is 4.90 Å². The average molecular weight is 485 g/mol.